The lowest BCUT2D eigenvalue weighted by Crippen LogP contribution is -2.47. The molecule has 1 aliphatic rings. The number of nitrogens with zero attached hydrogens (tertiary/aromatic N) is 1. The molecule has 190 valence electrons. The largest absolute Gasteiger partial charge is 0.496 e. The Kier molecular flexibility index (Phi) is 7.02. The predicted molar refractivity (Wildman–Crippen MR) is 111 cm³/mol. The second kappa shape index (κ2) is 9.36. The first-order valence-corrected chi connectivity index (χ1v) is 10.2. The van der Waals surface area contributed by atoms with Gasteiger partial charge in [-0.15, -0.1) is 0 Å². The number of nitrogens with one attached hydrogen (secondary N) is 1. The van der Waals surface area contributed by atoms with Crippen LogP contribution in [0.2, 0.25) is 0 Å². The molecule has 13 heteroatoms. The number of alkyl halides is 5. The van der Waals surface area contributed by atoms with Crippen molar-refractivity contribution in [3.63, 3.8) is 0 Å². The fourth-order valence-electron chi connectivity index (χ4n) is 4.17. The predicted octanol–water partition coefficient (Wildman–Crippen LogP) is 4.34. The van der Waals surface area contributed by atoms with E-state index >= 15 is 0 Å². The first-order valence-electron chi connectivity index (χ1n) is 10.2. The molecular weight excluding hydrogens is 484 g/mol. The van der Waals surface area contributed by atoms with Crippen LogP contribution in [-0.4, -0.2) is 41.8 Å². The molecule has 2 amide bonds. The molecule has 0 aliphatic carbocycles. The van der Waals surface area contributed by atoms with Gasteiger partial charge in [0.1, 0.15) is 23.4 Å². The first kappa shape index (κ1) is 26.3. The van der Waals surface area contributed by atoms with Crippen LogP contribution in [0, 0.1) is 11.7 Å². The average Bonchev–Trinajstić information content (AvgIpc) is 3.05. The fourth-order valence-corrected chi connectivity index (χ4v) is 4.17. The van der Waals surface area contributed by atoms with Crippen LogP contribution >= 0.6 is 0 Å². The molecule has 1 aliphatic heterocycles. The summed E-state index contributed by atoms with van der Waals surface area (Å²) in [6, 6.07) is 4.02. The van der Waals surface area contributed by atoms with E-state index in [0.717, 1.165) is 39.3 Å². The van der Waals surface area contributed by atoms with Gasteiger partial charge in [-0.05, 0) is 25.1 Å². The Labute approximate surface area is 195 Å². The molecule has 0 spiro atoms. The maximum absolute atomic E-state index is 14.1. The summed E-state index contributed by atoms with van der Waals surface area (Å²) in [6.07, 6.45) is -9.00. The van der Waals surface area contributed by atoms with E-state index in [2.05, 4.69) is 10.3 Å². The molecule has 0 bridgehead atoms. The van der Waals surface area contributed by atoms with E-state index in [0.29, 0.717) is 6.07 Å². The van der Waals surface area contributed by atoms with Crippen molar-refractivity contribution in [2.45, 2.75) is 44.1 Å². The number of methoxy groups -OCH3 is 1. The maximum atomic E-state index is 14.1. The third-order valence-corrected chi connectivity index (χ3v) is 6.16. The molecular formula is C22H21F6N3O4. The third kappa shape index (κ3) is 4.64. The van der Waals surface area contributed by atoms with Gasteiger partial charge in [0.05, 0.1) is 12.7 Å². The lowest BCUT2D eigenvalue weighted by Gasteiger charge is -2.32. The smallest absolute Gasteiger partial charge is 0.417 e. The fraction of sp³-hybridized carbons (Fsp3) is 0.409. The van der Waals surface area contributed by atoms with Crippen LogP contribution in [0.4, 0.5) is 32.0 Å². The lowest BCUT2D eigenvalue weighted by molar-refractivity contribution is -0.272. The summed E-state index contributed by atoms with van der Waals surface area (Å²) in [4.78, 5) is 28.2. The number of carbonyl (C=O) groups excluding carboxylic acids is 2. The number of benzene rings is 1. The van der Waals surface area contributed by atoms with Gasteiger partial charge in [0.2, 0.25) is 0 Å². The highest BCUT2D eigenvalue weighted by atomic mass is 19.4. The number of nitrogens with two attached hydrogens (primary N) is 1. The number of aromatic nitrogens is 1. The lowest BCUT2D eigenvalue weighted by atomic mass is 9.76. The Morgan fingerprint density at radius 2 is 1.91 bits per heavy atom. The summed E-state index contributed by atoms with van der Waals surface area (Å²) in [7, 11) is 0.963. The zero-order chi connectivity index (χ0) is 26.3. The Balaban J connectivity index is 2.12. The summed E-state index contributed by atoms with van der Waals surface area (Å²) in [5, 5.41) is 2.33. The van der Waals surface area contributed by atoms with Gasteiger partial charge in [-0.3, -0.25) is 14.6 Å². The molecule has 0 radical (unpaired) electrons. The average molecular weight is 505 g/mol. The third-order valence-electron chi connectivity index (χ3n) is 6.16. The minimum absolute atomic E-state index is 0.0197. The Hall–Kier alpha value is -3.35. The molecule has 2 aromatic rings. The van der Waals surface area contributed by atoms with Gasteiger partial charge >= 0.3 is 6.18 Å². The van der Waals surface area contributed by atoms with E-state index in [1.165, 1.54) is 6.07 Å². The van der Waals surface area contributed by atoms with Crippen LogP contribution in [0.5, 0.6) is 5.75 Å². The molecule has 1 aromatic heterocycles. The van der Waals surface area contributed by atoms with Crippen molar-refractivity contribution in [3.05, 3.63) is 53.1 Å². The number of amides is 2. The molecule has 2 heterocycles. The SMILES string of the molecule is COc1c([C@H]2[C@@H](C)[C@](C)(C(F)(F)F)O[C@H]2C(=O)Nc2ccnc(C(N)=O)c2)ccc(F)c1C(F)F. The topological polar surface area (TPSA) is 104 Å². The summed E-state index contributed by atoms with van der Waals surface area (Å²) in [5.74, 6) is -6.92. The monoisotopic (exact) mass is 505 g/mol. The highest BCUT2D eigenvalue weighted by molar-refractivity contribution is 5.97. The van der Waals surface area contributed by atoms with E-state index in [4.69, 9.17) is 15.2 Å². The van der Waals surface area contributed by atoms with E-state index in [9.17, 15) is 35.9 Å². The Morgan fingerprint density at radius 3 is 2.46 bits per heavy atom. The van der Waals surface area contributed by atoms with Gasteiger partial charge in [0, 0.05) is 29.3 Å². The molecule has 1 fully saturated rings. The highest BCUT2D eigenvalue weighted by Crippen LogP contribution is 2.55. The zero-order valence-electron chi connectivity index (χ0n) is 18.6. The first-order chi connectivity index (χ1) is 16.2. The van der Waals surface area contributed by atoms with Crippen LogP contribution < -0.4 is 15.8 Å². The molecule has 7 nitrogen and oxygen atoms in total. The quantitative estimate of drug-likeness (QED) is 0.569. The normalized spacial score (nSPS) is 24.5. The summed E-state index contributed by atoms with van der Waals surface area (Å²) in [6.45, 7) is 1.88. The minimum Gasteiger partial charge on any atom is -0.496 e. The number of rotatable bonds is 6. The number of hydrogen-bond acceptors (Lipinski definition) is 5. The van der Waals surface area contributed by atoms with Crippen molar-refractivity contribution in [2.24, 2.45) is 11.7 Å². The summed E-state index contributed by atoms with van der Waals surface area (Å²) >= 11 is 0. The van der Waals surface area contributed by atoms with Crippen LogP contribution in [0.25, 0.3) is 0 Å². The van der Waals surface area contributed by atoms with Crippen molar-refractivity contribution in [2.75, 3.05) is 12.4 Å². The van der Waals surface area contributed by atoms with Crippen molar-refractivity contribution in [3.8, 4) is 5.75 Å². The van der Waals surface area contributed by atoms with Crippen LogP contribution in [0.3, 0.4) is 0 Å². The second-order valence-corrected chi connectivity index (χ2v) is 8.13. The Morgan fingerprint density at radius 1 is 1.26 bits per heavy atom. The van der Waals surface area contributed by atoms with Crippen molar-refractivity contribution in [1.29, 1.82) is 0 Å². The van der Waals surface area contributed by atoms with E-state index in [1.54, 1.807) is 0 Å². The number of pyridine rings is 1. The van der Waals surface area contributed by atoms with Gasteiger partial charge < -0.3 is 20.5 Å². The Bertz CT molecular complexity index is 1140. The number of primary amides is 1. The molecule has 3 N–H and O–H groups in total. The van der Waals surface area contributed by atoms with E-state index in [-0.39, 0.29) is 16.9 Å². The molecule has 1 aromatic carbocycles. The van der Waals surface area contributed by atoms with Gasteiger partial charge in [0.25, 0.3) is 18.2 Å². The van der Waals surface area contributed by atoms with Crippen LogP contribution in [0.1, 0.15) is 47.8 Å². The van der Waals surface area contributed by atoms with Gasteiger partial charge in [-0.1, -0.05) is 13.0 Å². The minimum atomic E-state index is -4.95. The number of carbonyl (C=O) groups is 2. The molecule has 0 unspecified atom stereocenters. The number of anilines is 1. The maximum Gasteiger partial charge on any atom is 0.417 e. The number of hydrogen-bond donors (Lipinski definition) is 2. The van der Waals surface area contributed by atoms with Crippen LogP contribution in [-0.2, 0) is 9.53 Å². The molecule has 1 saturated heterocycles. The molecule has 35 heavy (non-hydrogen) atoms. The van der Waals surface area contributed by atoms with Crippen LogP contribution in [0.15, 0.2) is 30.5 Å². The standard InChI is InChI=1S/C22H21F6N3O4/c1-9-14(11-4-5-12(23)15(18(24)25)16(11)34-3)17(35-21(9,2)22(26,27)28)20(33)31-10-6-7-30-13(8-10)19(29)32/h4-9,14,17-18H,1-3H3,(H2,29,32)(H,30,31,33)/t9-,14-,17-,21-/m1/s1. The van der Waals surface area contributed by atoms with Gasteiger partial charge in [-0.2, -0.15) is 13.2 Å². The molecule has 0 saturated carbocycles. The zero-order valence-corrected chi connectivity index (χ0v) is 18.6. The summed E-state index contributed by atoms with van der Waals surface area (Å²) in [5.41, 5.74) is 0.654. The van der Waals surface area contributed by atoms with E-state index in [1.807, 2.05) is 0 Å². The van der Waals surface area contributed by atoms with Crippen molar-refractivity contribution in [1.82, 2.24) is 4.98 Å². The number of ether oxygens (including phenoxy) is 2. The van der Waals surface area contributed by atoms with Crippen molar-refractivity contribution < 1.29 is 45.4 Å². The summed E-state index contributed by atoms with van der Waals surface area (Å²) < 4.78 is 93.6. The van der Waals surface area contributed by atoms with Gasteiger partial charge in [0.15, 0.2) is 5.60 Å². The molecule has 4 atom stereocenters. The van der Waals surface area contributed by atoms with Gasteiger partial charge in [-0.25, -0.2) is 13.2 Å². The second-order valence-electron chi connectivity index (χ2n) is 8.13. The van der Waals surface area contributed by atoms with E-state index < -0.39 is 65.1 Å². The molecule has 3 rings (SSSR count). The number of halogens is 6. The van der Waals surface area contributed by atoms with Crippen molar-refractivity contribution >= 4 is 17.5 Å². The highest BCUT2D eigenvalue weighted by Gasteiger charge is 2.66.